The first-order chi connectivity index (χ1) is 13.1. The molecule has 0 saturated heterocycles. The predicted octanol–water partition coefficient (Wildman–Crippen LogP) is 4.62. The molecule has 4 rings (SSSR count). The Morgan fingerprint density at radius 2 is 1.04 bits per heavy atom. The van der Waals surface area contributed by atoms with E-state index in [9.17, 15) is 9.59 Å². The molecule has 4 heteroatoms. The van der Waals surface area contributed by atoms with Gasteiger partial charge in [0.2, 0.25) is 0 Å². The molecule has 1 heterocycles. The number of Topliss-reactive ketones (excluding diaryl/α,β-unsaturated/α-hetero) is 2. The Labute approximate surface area is 158 Å². The van der Waals surface area contributed by atoms with Crippen LogP contribution < -0.4 is 10.6 Å². The molecule has 27 heavy (non-hydrogen) atoms. The first-order valence-corrected chi connectivity index (χ1v) is 8.92. The lowest BCUT2D eigenvalue weighted by molar-refractivity contribution is 0.0764. The number of benzene rings is 3. The smallest absolute Gasteiger partial charge is 0.177 e. The molecule has 0 aliphatic carbocycles. The van der Waals surface area contributed by atoms with Crippen LogP contribution in [0.5, 0.6) is 0 Å². The van der Waals surface area contributed by atoms with Gasteiger partial charge in [0.15, 0.2) is 11.6 Å². The van der Waals surface area contributed by atoms with Crippen molar-refractivity contribution in [3.63, 3.8) is 0 Å². The summed E-state index contributed by atoms with van der Waals surface area (Å²) in [4.78, 5) is 26.8. The number of ketones is 2. The topological polar surface area (TPSA) is 58.2 Å². The zero-order valence-corrected chi connectivity index (χ0v) is 15.0. The maximum Gasteiger partial charge on any atom is 0.177 e. The summed E-state index contributed by atoms with van der Waals surface area (Å²) >= 11 is 0. The van der Waals surface area contributed by atoms with Gasteiger partial charge in [-0.1, -0.05) is 72.8 Å². The van der Waals surface area contributed by atoms with Gasteiger partial charge < -0.3 is 10.6 Å². The van der Waals surface area contributed by atoms with Crippen molar-refractivity contribution in [1.29, 1.82) is 0 Å². The van der Waals surface area contributed by atoms with Gasteiger partial charge in [0, 0.05) is 11.1 Å². The first kappa shape index (κ1) is 17.0. The van der Waals surface area contributed by atoms with E-state index in [0.29, 0.717) is 11.1 Å². The molecule has 0 fully saturated rings. The molecule has 134 valence electrons. The lowest BCUT2D eigenvalue weighted by Gasteiger charge is -2.33. The minimum Gasteiger partial charge on any atom is -0.360 e. The van der Waals surface area contributed by atoms with Gasteiger partial charge in [-0.2, -0.15) is 0 Å². The van der Waals surface area contributed by atoms with Gasteiger partial charge in [-0.05, 0) is 19.1 Å². The monoisotopic (exact) mass is 356 g/mol. The first-order valence-electron chi connectivity index (χ1n) is 8.92. The van der Waals surface area contributed by atoms with E-state index in [-0.39, 0.29) is 11.6 Å². The van der Waals surface area contributed by atoms with E-state index >= 15 is 0 Å². The quantitative estimate of drug-likeness (QED) is 0.517. The fourth-order valence-electron chi connectivity index (χ4n) is 3.62. The lowest BCUT2D eigenvalue weighted by atomic mass is 9.81. The van der Waals surface area contributed by atoms with Crippen LogP contribution in [0.25, 0.3) is 0 Å². The second-order valence-corrected chi connectivity index (χ2v) is 6.89. The summed E-state index contributed by atoms with van der Waals surface area (Å²) in [5, 5.41) is 6.72. The third-order valence-corrected chi connectivity index (χ3v) is 4.93. The number of para-hydroxylation sites is 2. The fraction of sp³-hybridized carbons (Fsp3) is 0.130. The molecule has 1 aliphatic rings. The van der Waals surface area contributed by atoms with Gasteiger partial charge in [-0.25, -0.2) is 0 Å². The second kappa shape index (κ2) is 6.72. The maximum atomic E-state index is 13.4. The molecule has 0 radical (unpaired) electrons. The number of carbonyl (C=O) groups is 2. The maximum absolute atomic E-state index is 13.4. The zero-order chi connectivity index (χ0) is 18.9. The summed E-state index contributed by atoms with van der Waals surface area (Å²) in [7, 11) is 0. The largest absolute Gasteiger partial charge is 0.360 e. The Morgan fingerprint density at radius 3 is 1.44 bits per heavy atom. The summed E-state index contributed by atoms with van der Waals surface area (Å²) in [6, 6.07) is 25.7. The van der Waals surface area contributed by atoms with Gasteiger partial charge in [-0.15, -0.1) is 0 Å². The molecular weight excluding hydrogens is 336 g/mol. The van der Waals surface area contributed by atoms with Crippen LogP contribution >= 0.6 is 0 Å². The summed E-state index contributed by atoms with van der Waals surface area (Å²) in [5.41, 5.74) is 1.88. The number of fused-ring (bicyclic) bond motifs is 1. The zero-order valence-electron chi connectivity index (χ0n) is 15.0. The molecule has 2 N–H and O–H groups in total. The Bertz CT molecular complexity index is 907. The number of nitrogens with one attached hydrogen (secondary N) is 2. The summed E-state index contributed by atoms with van der Waals surface area (Å²) < 4.78 is 0. The molecule has 0 unspecified atom stereocenters. The van der Waals surface area contributed by atoms with Crippen LogP contribution in [-0.2, 0) is 0 Å². The summed E-state index contributed by atoms with van der Waals surface area (Å²) in [5.74, 6) is -1.34. The molecule has 1 aliphatic heterocycles. The lowest BCUT2D eigenvalue weighted by Crippen LogP contribution is -2.53. The second-order valence-electron chi connectivity index (χ2n) is 6.89. The molecule has 0 amide bonds. The Kier molecular flexibility index (Phi) is 4.24. The highest BCUT2D eigenvalue weighted by atomic mass is 16.2. The van der Waals surface area contributed by atoms with E-state index in [4.69, 9.17) is 0 Å². The van der Waals surface area contributed by atoms with E-state index in [2.05, 4.69) is 10.6 Å². The predicted molar refractivity (Wildman–Crippen MR) is 107 cm³/mol. The van der Waals surface area contributed by atoms with Gasteiger partial charge in [0.25, 0.3) is 0 Å². The summed E-state index contributed by atoms with van der Waals surface area (Å²) in [6.45, 7) is 1.86. The number of rotatable bonds is 5. The molecule has 0 spiro atoms. The summed E-state index contributed by atoms with van der Waals surface area (Å²) in [6.07, 6.45) is 0. The molecule has 3 aromatic rings. The third-order valence-electron chi connectivity index (χ3n) is 4.93. The molecular formula is C23H20N2O2. The van der Waals surface area contributed by atoms with Gasteiger partial charge in [0.05, 0.1) is 11.4 Å². The molecule has 3 aromatic carbocycles. The molecule has 0 bridgehead atoms. The van der Waals surface area contributed by atoms with Gasteiger partial charge in [-0.3, -0.25) is 9.59 Å². The van der Waals surface area contributed by atoms with Crippen LogP contribution in [0.3, 0.4) is 0 Å². The van der Waals surface area contributed by atoms with Crippen molar-refractivity contribution in [2.24, 2.45) is 5.92 Å². The van der Waals surface area contributed by atoms with E-state index < -0.39 is 11.6 Å². The van der Waals surface area contributed by atoms with Crippen molar-refractivity contribution in [2.45, 2.75) is 12.6 Å². The highest BCUT2D eigenvalue weighted by Gasteiger charge is 2.47. The van der Waals surface area contributed by atoms with Gasteiger partial charge >= 0.3 is 0 Å². The van der Waals surface area contributed by atoms with Gasteiger partial charge in [0.1, 0.15) is 11.6 Å². The number of carbonyl (C=O) groups excluding carboxylic acids is 2. The molecule has 0 atom stereocenters. The van der Waals surface area contributed by atoms with Crippen molar-refractivity contribution in [3.05, 3.63) is 96.1 Å². The van der Waals surface area contributed by atoms with Crippen molar-refractivity contribution in [2.75, 3.05) is 10.6 Å². The van der Waals surface area contributed by atoms with Crippen LogP contribution in [0, 0.1) is 5.92 Å². The van der Waals surface area contributed by atoms with Crippen LogP contribution in [-0.4, -0.2) is 17.2 Å². The van der Waals surface area contributed by atoms with Crippen LogP contribution in [0.1, 0.15) is 27.6 Å². The average Bonchev–Trinajstić information content (AvgIpc) is 3.06. The number of anilines is 2. The Morgan fingerprint density at radius 1 is 0.667 bits per heavy atom. The standard InChI is InChI=1S/C23H20N2O2/c1-23(24-18-14-8-9-15-19(18)25-23)20(21(26)16-10-4-2-5-11-16)22(27)17-12-6-3-7-13-17/h2-15,20,24-25H,1H3. The van der Waals surface area contributed by atoms with Crippen molar-refractivity contribution in [1.82, 2.24) is 0 Å². The molecule has 0 saturated carbocycles. The van der Waals surface area contributed by atoms with Crippen molar-refractivity contribution in [3.8, 4) is 0 Å². The van der Waals surface area contributed by atoms with E-state index in [0.717, 1.165) is 11.4 Å². The van der Waals surface area contributed by atoms with E-state index in [1.165, 1.54) is 0 Å². The van der Waals surface area contributed by atoms with Crippen molar-refractivity contribution >= 4 is 22.9 Å². The normalized spacial score (nSPS) is 14.1. The van der Waals surface area contributed by atoms with Crippen LogP contribution in [0.2, 0.25) is 0 Å². The van der Waals surface area contributed by atoms with E-state index in [1.54, 1.807) is 24.3 Å². The minimum atomic E-state index is -0.927. The fourth-order valence-corrected chi connectivity index (χ4v) is 3.62. The van der Waals surface area contributed by atoms with E-state index in [1.807, 2.05) is 67.6 Å². The number of hydrogen-bond acceptors (Lipinski definition) is 4. The minimum absolute atomic E-state index is 0.209. The Balaban J connectivity index is 1.77. The Hall–Kier alpha value is -3.40. The van der Waals surface area contributed by atoms with Crippen LogP contribution in [0.15, 0.2) is 84.9 Å². The number of hydrogen-bond donors (Lipinski definition) is 2. The average molecular weight is 356 g/mol. The highest BCUT2D eigenvalue weighted by Crippen LogP contribution is 2.39. The van der Waals surface area contributed by atoms with Crippen LogP contribution in [0.4, 0.5) is 11.4 Å². The SMILES string of the molecule is CC1(C(C(=O)c2ccccc2)C(=O)c2ccccc2)Nc2ccccc2N1. The highest BCUT2D eigenvalue weighted by molar-refractivity contribution is 6.18. The third kappa shape index (κ3) is 3.10. The molecule has 0 aromatic heterocycles. The van der Waals surface area contributed by atoms with Crippen molar-refractivity contribution < 1.29 is 9.59 Å². The molecule has 4 nitrogen and oxygen atoms in total.